The molecule has 0 aliphatic rings. The third-order valence-electron chi connectivity index (χ3n) is 5.38. The van der Waals surface area contributed by atoms with E-state index in [-0.39, 0.29) is 7.92 Å². The van der Waals surface area contributed by atoms with Gasteiger partial charge in [0.2, 0.25) is 0 Å². The number of rotatable bonds is 5. The van der Waals surface area contributed by atoms with Crippen molar-refractivity contribution >= 4 is 31.8 Å². The summed E-state index contributed by atoms with van der Waals surface area (Å²) in [6.45, 7) is 17.1. The molecule has 0 saturated heterocycles. The highest BCUT2D eigenvalue weighted by atomic mass is 31.1. The largest absolute Gasteiger partial charge is 0.213 e. The Labute approximate surface area is 180 Å². The Kier molecular flexibility index (Phi) is 6.77. The van der Waals surface area contributed by atoms with Crippen LogP contribution in [0.4, 0.5) is 0 Å². The molecule has 3 aromatic rings. The molecule has 3 rings (SSSR count). The van der Waals surface area contributed by atoms with Crippen molar-refractivity contribution in [2.45, 2.75) is 64.4 Å². The molecule has 2 heteroatoms. The van der Waals surface area contributed by atoms with Crippen LogP contribution in [0, 0.1) is 0 Å². The maximum Gasteiger partial charge on any atom is -0.0171 e. The van der Waals surface area contributed by atoms with Crippen LogP contribution in [0.15, 0.2) is 78.9 Å². The number of benzene rings is 2. The molecule has 0 fully saturated rings. The van der Waals surface area contributed by atoms with Crippen LogP contribution in [-0.2, 0) is 0 Å². The Morgan fingerprint density at radius 2 is 1.10 bits per heavy atom. The zero-order valence-corrected chi connectivity index (χ0v) is 20.8. The van der Waals surface area contributed by atoms with Crippen molar-refractivity contribution in [2.75, 3.05) is 0 Å². The van der Waals surface area contributed by atoms with E-state index in [1.54, 1.807) is 5.56 Å². The lowest BCUT2D eigenvalue weighted by atomic mass is 10.2. The minimum absolute atomic E-state index is 0.223. The van der Waals surface area contributed by atoms with Crippen LogP contribution in [0.2, 0.25) is 0 Å². The van der Waals surface area contributed by atoms with Crippen LogP contribution in [0.3, 0.4) is 0 Å². The highest BCUT2D eigenvalue weighted by Crippen LogP contribution is 2.68. The van der Waals surface area contributed by atoms with E-state index in [4.69, 9.17) is 0 Å². The SMILES string of the molecule is C[C@H]([c-]1cccc1P(c1ccccc1)c1ccccc1)P(C(C)(C)C)C(C)(C)C. The standard InChI is InChI=1S/C27H35P2/c1-21(29(26(2,3)4)27(5,6)7)24-19-14-20-25(24)28(22-15-10-8-11-16-22)23-17-12-9-13-18-23/h8-21H,1-7H3/q-1/t21-/m1/s1. The average molecular weight is 422 g/mol. The van der Waals surface area contributed by atoms with Gasteiger partial charge in [0.1, 0.15) is 0 Å². The van der Waals surface area contributed by atoms with Gasteiger partial charge in [0.05, 0.1) is 0 Å². The monoisotopic (exact) mass is 421 g/mol. The van der Waals surface area contributed by atoms with Crippen LogP contribution in [-0.4, -0.2) is 10.3 Å². The van der Waals surface area contributed by atoms with Gasteiger partial charge in [0.15, 0.2) is 0 Å². The topological polar surface area (TPSA) is 0 Å². The molecule has 0 amide bonds. The first-order chi connectivity index (χ1) is 13.6. The van der Waals surface area contributed by atoms with Gasteiger partial charge >= 0.3 is 0 Å². The van der Waals surface area contributed by atoms with E-state index in [9.17, 15) is 0 Å². The van der Waals surface area contributed by atoms with E-state index in [0.29, 0.717) is 16.0 Å². The maximum atomic E-state index is 2.48. The summed E-state index contributed by atoms with van der Waals surface area (Å²) in [5.74, 6) is 0. The van der Waals surface area contributed by atoms with Crippen molar-refractivity contribution in [3.63, 3.8) is 0 Å². The minimum Gasteiger partial charge on any atom is -0.213 e. The first-order valence-electron chi connectivity index (χ1n) is 10.6. The summed E-state index contributed by atoms with van der Waals surface area (Å²) in [4.78, 5) is 0. The first kappa shape index (κ1) is 22.3. The summed E-state index contributed by atoms with van der Waals surface area (Å²) in [7, 11) is -0.771. The highest BCUT2D eigenvalue weighted by molar-refractivity contribution is 7.80. The molecule has 0 aromatic heterocycles. The van der Waals surface area contributed by atoms with Gasteiger partial charge < -0.3 is 0 Å². The van der Waals surface area contributed by atoms with Gasteiger partial charge in [0, 0.05) is 0 Å². The van der Waals surface area contributed by atoms with Crippen LogP contribution < -0.4 is 15.9 Å². The van der Waals surface area contributed by atoms with Gasteiger partial charge in [-0.2, -0.15) is 6.07 Å². The molecule has 0 nitrogen and oxygen atoms in total. The molecule has 154 valence electrons. The Morgan fingerprint density at radius 3 is 1.52 bits per heavy atom. The molecule has 0 aliphatic heterocycles. The molecule has 0 saturated carbocycles. The van der Waals surface area contributed by atoms with E-state index in [2.05, 4.69) is 127 Å². The van der Waals surface area contributed by atoms with Crippen molar-refractivity contribution in [3.8, 4) is 0 Å². The molecule has 0 radical (unpaired) electrons. The minimum atomic E-state index is -0.548. The van der Waals surface area contributed by atoms with E-state index in [1.165, 1.54) is 15.9 Å². The van der Waals surface area contributed by atoms with Crippen LogP contribution in [0.1, 0.15) is 59.7 Å². The van der Waals surface area contributed by atoms with Crippen molar-refractivity contribution in [2.24, 2.45) is 0 Å². The molecular weight excluding hydrogens is 386 g/mol. The summed E-state index contributed by atoms with van der Waals surface area (Å²) in [5, 5.41) is 5.02. The smallest absolute Gasteiger partial charge is 0.0171 e. The second-order valence-corrected chi connectivity index (χ2v) is 16.1. The Hall–Kier alpha value is -1.35. The molecule has 0 N–H and O–H groups in total. The third kappa shape index (κ3) is 5.05. The van der Waals surface area contributed by atoms with Gasteiger partial charge in [0.25, 0.3) is 0 Å². The molecule has 0 spiro atoms. The van der Waals surface area contributed by atoms with Crippen molar-refractivity contribution < 1.29 is 0 Å². The average Bonchev–Trinajstić information content (AvgIpc) is 3.11. The van der Waals surface area contributed by atoms with Crippen molar-refractivity contribution in [3.05, 3.63) is 84.4 Å². The fraction of sp³-hybridized carbons (Fsp3) is 0.370. The fourth-order valence-electron chi connectivity index (χ4n) is 4.87. The predicted octanol–water partition coefficient (Wildman–Crippen LogP) is 7.30. The van der Waals surface area contributed by atoms with E-state index >= 15 is 0 Å². The molecule has 3 aromatic carbocycles. The Bertz CT molecular complexity index is 841. The zero-order valence-electron chi connectivity index (χ0n) is 19.0. The molecule has 0 heterocycles. The molecule has 0 unspecified atom stereocenters. The Morgan fingerprint density at radius 1 is 0.655 bits per heavy atom. The third-order valence-corrected chi connectivity index (χ3v) is 11.8. The lowest BCUT2D eigenvalue weighted by Gasteiger charge is -2.47. The Balaban J connectivity index is 2.13. The summed E-state index contributed by atoms with van der Waals surface area (Å²) in [6.07, 6.45) is 0. The van der Waals surface area contributed by atoms with Gasteiger partial charge in [-0.25, -0.2) is 12.1 Å². The predicted molar refractivity (Wildman–Crippen MR) is 136 cm³/mol. The molecule has 0 aliphatic carbocycles. The lowest BCUT2D eigenvalue weighted by Crippen LogP contribution is -2.29. The van der Waals surface area contributed by atoms with E-state index < -0.39 is 7.92 Å². The van der Waals surface area contributed by atoms with Crippen LogP contribution in [0.5, 0.6) is 0 Å². The van der Waals surface area contributed by atoms with Gasteiger partial charge in [-0.05, 0) is 34.5 Å². The lowest BCUT2D eigenvalue weighted by molar-refractivity contribution is 0.690. The molecule has 0 bridgehead atoms. The van der Waals surface area contributed by atoms with Crippen molar-refractivity contribution in [1.82, 2.24) is 0 Å². The second kappa shape index (κ2) is 8.79. The van der Waals surface area contributed by atoms with Crippen LogP contribution in [0.25, 0.3) is 0 Å². The first-order valence-corrected chi connectivity index (χ1v) is 13.3. The summed E-state index contributed by atoms with van der Waals surface area (Å²) in [5.41, 5.74) is 2.12. The van der Waals surface area contributed by atoms with Gasteiger partial charge in [-0.1, -0.05) is 109 Å². The van der Waals surface area contributed by atoms with E-state index in [0.717, 1.165) is 0 Å². The number of hydrogen-bond acceptors (Lipinski definition) is 0. The zero-order chi connectivity index (χ0) is 21.2. The summed E-state index contributed by atoms with van der Waals surface area (Å²) < 4.78 is 0. The summed E-state index contributed by atoms with van der Waals surface area (Å²) >= 11 is 0. The second-order valence-electron chi connectivity index (χ2n) is 9.76. The highest BCUT2D eigenvalue weighted by Gasteiger charge is 2.37. The maximum absolute atomic E-state index is 2.48. The summed E-state index contributed by atoms with van der Waals surface area (Å²) in [6, 6.07) is 29.2. The van der Waals surface area contributed by atoms with Gasteiger partial charge in [-0.3, -0.25) is 0 Å². The van der Waals surface area contributed by atoms with Gasteiger partial charge in [-0.15, -0.1) is 18.8 Å². The molecular formula is C27H35P2-. The number of hydrogen-bond donors (Lipinski definition) is 0. The van der Waals surface area contributed by atoms with Crippen molar-refractivity contribution in [1.29, 1.82) is 0 Å². The van der Waals surface area contributed by atoms with E-state index in [1.807, 2.05) is 0 Å². The molecule has 29 heavy (non-hydrogen) atoms. The normalized spacial score (nSPS) is 13.8. The quantitative estimate of drug-likeness (QED) is 0.299. The molecule has 1 atom stereocenters. The fourth-order valence-corrected chi connectivity index (χ4v) is 12.4. The van der Waals surface area contributed by atoms with Crippen LogP contribution >= 0.6 is 15.8 Å².